The van der Waals surface area contributed by atoms with Gasteiger partial charge in [-0.3, -0.25) is 9.35 Å². The number of hydrogen-bond acceptors (Lipinski definition) is 6. The molecule has 32 heavy (non-hydrogen) atoms. The average molecular weight is 516 g/mol. The van der Waals surface area contributed by atoms with Gasteiger partial charge in [0.1, 0.15) is 12.0 Å². The lowest BCUT2D eigenvalue weighted by Crippen LogP contribution is -2.60. The summed E-state index contributed by atoms with van der Waals surface area (Å²) in [6.07, 6.45) is 3.07. The summed E-state index contributed by atoms with van der Waals surface area (Å²) in [5.41, 5.74) is -0.407. The van der Waals surface area contributed by atoms with Crippen LogP contribution in [0.3, 0.4) is 0 Å². The van der Waals surface area contributed by atoms with Gasteiger partial charge in [-0.15, -0.1) is 0 Å². The van der Waals surface area contributed by atoms with Crippen molar-refractivity contribution in [1.82, 2.24) is 0 Å². The van der Waals surface area contributed by atoms with E-state index in [4.69, 9.17) is 4.55 Å². The van der Waals surface area contributed by atoms with Gasteiger partial charge in [-0.1, -0.05) is 40.3 Å². The molecule has 0 aliphatic carbocycles. The molecule has 0 aromatic carbocycles. The number of alkyl halides is 6. The minimum absolute atomic E-state index is 0.0699. The minimum atomic E-state index is -7.16. The van der Waals surface area contributed by atoms with Gasteiger partial charge in [0.05, 0.1) is 0 Å². The van der Waals surface area contributed by atoms with Crippen molar-refractivity contribution >= 4 is 26.5 Å². The Labute approximate surface area is 181 Å². The van der Waals surface area contributed by atoms with Crippen LogP contribution in [0.4, 0.5) is 26.3 Å². The van der Waals surface area contributed by atoms with Crippen molar-refractivity contribution in [3.63, 3.8) is 0 Å². The second-order valence-electron chi connectivity index (χ2n) is 7.25. The molecule has 15 heteroatoms. The van der Waals surface area contributed by atoms with Gasteiger partial charge in [-0.25, -0.2) is 0 Å². The predicted molar refractivity (Wildman–Crippen MR) is 102 cm³/mol. The van der Waals surface area contributed by atoms with Crippen molar-refractivity contribution in [1.29, 1.82) is 0 Å². The van der Waals surface area contributed by atoms with Crippen molar-refractivity contribution in [2.45, 2.75) is 50.5 Å². The predicted octanol–water partition coefficient (Wildman–Crippen LogP) is 4.31. The summed E-state index contributed by atoms with van der Waals surface area (Å²) in [5.74, 6) is -9.04. The first-order chi connectivity index (χ1) is 14.1. The molecule has 0 aromatic rings. The zero-order valence-corrected chi connectivity index (χ0v) is 18.9. The van der Waals surface area contributed by atoms with Crippen LogP contribution >= 0.6 is 0 Å². The van der Waals surface area contributed by atoms with Gasteiger partial charge in [-0.2, -0.15) is 43.2 Å². The minimum Gasteiger partial charge on any atom is -0.378 e. The lowest BCUT2D eigenvalue weighted by Gasteiger charge is -2.30. The maximum absolute atomic E-state index is 13.9. The molecule has 0 unspecified atom stereocenters. The van der Waals surface area contributed by atoms with Gasteiger partial charge in [0.25, 0.3) is 0 Å². The summed E-state index contributed by atoms with van der Waals surface area (Å²) in [6.45, 7) is 9.31. The molecule has 0 spiro atoms. The van der Waals surface area contributed by atoms with Crippen LogP contribution in [-0.2, 0) is 29.2 Å². The van der Waals surface area contributed by atoms with Gasteiger partial charge in [0.2, 0.25) is 0 Å². The van der Waals surface area contributed by atoms with Crippen LogP contribution in [0, 0.1) is 11.8 Å². The van der Waals surface area contributed by atoms with E-state index >= 15 is 0 Å². The first-order valence-electron chi connectivity index (χ1n) is 8.67. The van der Waals surface area contributed by atoms with E-state index < -0.39 is 48.3 Å². The monoisotopic (exact) mass is 516 g/mol. The molecule has 0 radical (unpaired) electrons. The van der Waals surface area contributed by atoms with Crippen LogP contribution in [0.15, 0.2) is 35.6 Å². The van der Waals surface area contributed by atoms with Crippen LogP contribution in [0.2, 0.25) is 0 Å². The molecule has 0 aromatic heterocycles. The third kappa shape index (κ3) is 6.13. The van der Waals surface area contributed by atoms with E-state index in [1.54, 1.807) is 13.8 Å². The standard InChI is InChI=1S/C17H22F6O7S2/c1-10(2)6-7-13(9-24)8-14(11(3)4)12(5)30-32(28,29)17(22,23)15(18,19)16(20,21)31(25,26)27/h7-11H,5-6H2,1-4H3,(H,25,26,27)/b13-7+,14-8-. The van der Waals surface area contributed by atoms with E-state index in [9.17, 15) is 48.0 Å². The Morgan fingerprint density at radius 2 is 1.47 bits per heavy atom. The fourth-order valence-electron chi connectivity index (χ4n) is 1.98. The molecule has 0 amide bonds. The average Bonchev–Trinajstić information content (AvgIpc) is 2.59. The van der Waals surface area contributed by atoms with E-state index in [1.165, 1.54) is 19.9 Å². The molecule has 0 atom stereocenters. The SMILES string of the molecule is C=C(OS(=O)(=O)C(F)(F)C(F)(F)C(F)(F)S(=O)(=O)O)/C(=C\C(C=O)=C/CC(C)C)C(C)C. The maximum atomic E-state index is 13.9. The fourth-order valence-corrected chi connectivity index (χ4v) is 3.41. The normalized spacial score (nSPS) is 15.3. The highest BCUT2D eigenvalue weighted by atomic mass is 32.2. The van der Waals surface area contributed by atoms with Gasteiger partial charge in [0.15, 0.2) is 0 Å². The van der Waals surface area contributed by atoms with E-state index in [1.807, 2.05) is 0 Å². The number of allylic oxidation sites excluding steroid dienone is 4. The summed E-state index contributed by atoms with van der Waals surface area (Å²) in [5, 5.41) is -13.7. The molecule has 0 rings (SSSR count). The molecule has 0 saturated heterocycles. The first-order valence-corrected chi connectivity index (χ1v) is 11.5. The largest absolute Gasteiger partial charge is 0.450 e. The van der Waals surface area contributed by atoms with E-state index in [-0.39, 0.29) is 17.1 Å². The van der Waals surface area contributed by atoms with E-state index in [0.29, 0.717) is 12.7 Å². The number of carbonyl (C=O) groups is 1. The van der Waals surface area contributed by atoms with Gasteiger partial charge < -0.3 is 4.18 Å². The Hall–Kier alpha value is -1.87. The molecule has 7 nitrogen and oxygen atoms in total. The topological polar surface area (TPSA) is 115 Å². The molecular formula is C17H22F6O7S2. The summed E-state index contributed by atoms with van der Waals surface area (Å²) in [7, 11) is -14.2. The Morgan fingerprint density at radius 3 is 1.81 bits per heavy atom. The molecule has 0 aliphatic rings. The number of rotatable bonds is 12. The first kappa shape index (κ1) is 30.1. The highest BCUT2D eigenvalue weighted by molar-refractivity contribution is 7.88. The zero-order chi connectivity index (χ0) is 25.9. The Bertz CT molecular complexity index is 994. The Balaban J connectivity index is 6.32. The fraction of sp³-hybridized carbons (Fsp3) is 0.588. The number of aldehydes is 1. The molecule has 0 heterocycles. The third-order valence-corrected chi connectivity index (χ3v) is 6.02. The number of carbonyl (C=O) groups excluding carboxylic acids is 1. The van der Waals surface area contributed by atoms with Crippen LogP contribution in [0.5, 0.6) is 0 Å². The lowest BCUT2D eigenvalue weighted by atomic mass is 9.98. The van der Waals surface area contributed by atoms with Crippen molar-refractivity contribution in [2.24, 2.45) is 11.8 Å². The molecule has 0 bridgehead atoms. The molecule has 186 valence electrons. The van der Waals surface area contributed by atoms with Crippen molar-refractivity contribution in [3.05, 3.63) is 35.6 Å². The zero-order valence-electron chi connectivity index (χ0n) is 17.3. The van der Waals surface area contributed by atoms with Gasteiger partial charge >= 0.3 is 36.7 Å². The van der Waals surface area contributed by atoms with Crippen molar-refractivity contribution < 1.29 is 56.7 Å². The molecule has 0 fully saturated rings. The van der Waals surface area contributed by atoms with E-state index in [0.717, 1.165) is 6.08 Å². The summed E-state index contributed by atoms with van der Waals surface area (Å²) < 4.78 is 138. The maximum Gasteiger partial charge on any atom is 0.450 e. The quantitative estimate of drug-likeness (QED) is 0.0782. The smallest absolute Gasteiger partial charge is 0.378 e. The second-order valence-corrected chi connectivity index (χ2v) is 10.3. The Morgan fingerprint density at radius 1 is 1.00 bits per heavy atom. The Kier molecular flexibility index (Phi) is 9.37. The van der Waals surface area contributed by atoms with E-state index in [2.05, 4.69) is 10.8 Å². The van der Waals surface area contributed by atoms with Crippen LogP contribution in [0.1, 0.15) is 34.1 Å². The molecule has 0 saturated carbocycles. The molecular weight excluding hydrogens is 494 g/mol. The lowest BCUT2D eigenvalue weighted by molar-refractivity contribution is -0.247. The summed E-state index contributed by atoms with van der Waals surface area (Å²) >= 11 is 0. The summed E-state index contributed by atoms with van der Waals surface area (Å²) in [6, 6.07) is 0. The number of hydrogen-bond donors (Lipinski definition) is 1. The van der Waals surface area contributed by atoms with Crippen LogP contribution in [-0.4, -0.2) is 44.1 Å². The van der Waals surface area contributed by atoms with Crippen LogP contribution < -0.4 is 0 Å². The van der Waals surface area contributed by atoms with Gasteiger partial charge in [-0.05, 0) is 29.9 Å². The van der Waals surface area contributed by atoms with Crippen molar-refractivity contribution in [3.8, 4) is 0 Å². The second kappa shape index (κ2) is 9.95. The van der Waals surface area contributed by atoms with Crippen molar-refractivity contribution in [2.75, 3.05) is 0 Å². The molecule has 0 aliphatic heterocycles. The van der Waals surface area contributed by atoms with Gasteiger partial charge in [0, 0.05) is 5.57 Å². The molecule has 1 N–H and O–H groups in total. The highest BCUT2D eigenvalue weighted by Gasteiger charge is 2.83. The highest BCUT2D eigenvalue weighted by Crippen LogP contribution is 2.51. The third-order valence-electron chi connectivity index (χ3n) is 3.81. The summed E-state index contributed by atoms with van der Waals surface area (Å²) in [4.78, 5) is 11.2. The number of halogens is 6. The van der Waals surface area contributed by atoms with Crippen LogP contribution in [0.25, 0.3) is 0 Å².